The Morgan fingerprint density at radius 3 is 2.12 bits per heavy atom. The van der Waals surface area contributed by atoms with Gasteiger partial charge in [-0.2, -0.15) is 0 Å². The maximum atomic E-state index is 12.7. The maximum absolute atomic E-state index is 12.7. The molecule has 0 atom stereocenters. The van der Waals surface area contributed by atoms with Crippen LogP contribution in [0.4, 0.5) is 5.69 Å². The van der Waals surface area contributed by atoms with E-state index in [-0.39, 0.29) is 32.3 Å². The highest BCUT2D eigenvalue weighted by Crippen LogP contribution is 2.38. The second-order valence-corrected chi connectivity index (χ2v) is 7.71. The highest BCUT2D eigenvalue weighted by Gasteiger charge is 2.23. The standard InChI is InChI=1S/C15H12Cl3NO6S/c1-24-12-6-13(25-2)11(5-9(12)17)19-26(22,23)14-3-7(15(20)21)8(16)4-10(14)18/h3-6,19H,1-2H3,(H,20,21)/p-1. The highest BCUT2D eigenvalue weighted by molar-refractivity contribution is 7.92. The third-order valence-corrected chi connectivity index (χ3v) is 5.69. The first kappa shape index (κ1) is 20.4. The molecule has 2 aromatic carbocycles. The van der Waals surface area contributed by atoms with Crippen molar-refractivity contribution < 1.29 is 27.8 Å². The first-order chi connectivity index (χ1) is 12.1. The van der Waals surface area contributed by atoms with Gasteiger partial charge in [-0.25, -0.2) is 8.42 Å². The second-order valence-electron chi connectivity index (χ2n) is 4.84. The Balaban J connectivity index is 2.55. The fraction of sp³-hybridized carbons (Fsp3) is 0.133. The highest BCUT2D eigenvalue weighted by atomic mass is 35.5. The molecule has 0 fully saturated rings. The fourth-order valence-corrected chi connectivity index (χ4v) is 4.18. The van der Waals surface area contributed by atoms with Gasteiger partial charge in [-0.1, -0.05) is 34.8 Å². The molecule has 0 saturated heterocycles. The van der Waals surface area contributed by atoms with Crippen molar-refractivity contribution in [3.8, 4) is 11.5 Å². The third kappa shape index (κ3) is 4.09. The van der Waals surface area contributed by atoms with Crippen LogP contribution in [-0.2, 0) is 10.0 Å². The summed E-state index contributed by atoms with van der Waals surface area (Å²) in [7, 11) is -1.59. The van der Waals surface area contributed by atoms with Crippen LogP contribution in [0.2, 0.25) is 15.1 Å². The number of carboxylic acids is 1. The van der Waals surface area contributed by atoms with E-state index < -0.39 is 26.5 Å². The molecule has 0 saturated carbocycles. The van der Waals surface area contributed by atoms with E-state index in [2.05, 4.69) is 4.72 Å². The van der Waals surface area contributed by atoms with Crippen molar-refractivity contribution >= 4 is 56.5 Å². The van der Waals surface area contributed by atoms with Crippen LogP contribution in [0.15, 0.2) is 29.2 Å². The minimum atomic E-state index is -4.30. The molecule has 0 radical (unpaired) electrons. The van der Waals surface area contributed by atoms with E-state index in [0.717, 1.165) is 12.1 Å². The Morgan fingerprint density at radius 1 is 0.962 bits per heavy atom. The first-order valence-corrected chi connectivity index (χ1v) is 9.37. The molecule has 26 heavy (non-hydrogen) atoms. The van der Waals surface area contributed by atoms with Crippen LogP contribution in [0.3, 0.4) is 0 Å². The monoisotopic (exact) mass is 438 g/mol. The van der Waals surface area contributed by atoms with Crippen molar-refractivity contribution in [2.45, 2.75) is 4.90 Å². The number of carboxylic acid groups (broad SMARTS) is 1. The number of ether oxygens (including phenoxy) is 2. The minimum absolute atomic E-state index is 0.000633. The summed E-state index contributed by atoms with van der Waals surface area (Å²) in [5.74, 6) is -1.25. The lowest BCUT2D eigenvalue weighted by Crippen LogP contribution is -2.23. The number of nitrogens with one attached hydrogen (secondary N) is 1. The molecule has 140 valence electrons. The second kappa shape index (κ2) is 7.79. The van der Waals surface area contributed by atoms with Gasteiger partial charge in [-0.3, -0.25) is 4.72 Å². The van der Waals surface area contributed by atoms with Crippen LogP contribution in [0.25, 0.3) is 0 Å². The van der Waals surface area contributed by atoms with Crippen LogP contribution in [0, 0.1) is 0 Å². The van der Waals surface area contributed by atoms with E-state index in [1.807, 2.05) is 0 Å². The Morgan fingerprint density at radius 2 is 1.58 bits per heavy atom. The Hall–Kier alpha value is -1.87. The van der Waals surface area contributed by atoms with Crippen LogP contribution in [0.5, 0.6) is 11.5 Å². The summed E-state index contributed by atoms with van der Waals surface area (Å²) in [5, 5.41) is 10.7. The summed E-state index contributed by atoms with van der Waals surface area (Å²) < 4.78 is 37.7. The van der Waals surface area contributed by atoms with Crippen molar-refractivity contribution in [2.75, 3.05) is 18.9 Å². The summed E-state index contributed by atoms with van der Waals surface area (Å²) in [6.45, 7) is 0. The molecule has 0 spiro atoms. The number of rotatable bonds is 6. The molecule has 2 rings (SSSR count). The third-order valence-electron chi connectivity index (χ3n) is 3.25. The molecule has 0 aromatic heterocycles. The molecule has 0 aliphatic heterocycles. The SMILES string of the molecule is COc1cc(OC)c(NS(=O)(=O)c2cc(C(=O)[O-])c(Cl)cc2Cl)cc1Cl. The molecule has 0 aliphatic carbocycles. The van der Waals surface area contributed by atoms with Gasteiger partial charge >= 0.3 is 0 Å². The Labute approximate surface area is 164 Å². The number of benzene rings is 2. The normalized spacial score (nSPS) is 11.1. The largest absolute Gasteiger partial charge is 0.545 e. The quantitative estimate of drug-likeness (QED) is 0.742. The Bertz CT molecular complexity index is 978. The summed E-state index contributed by atoms with van der Waals surface area (Å²) in [4.78, 5) is 10.6. The molecular weight excluding hydrogens is 429 g/mol. The zero-order valence-corrected chi connectivity index (χ0v) is 16.4. The summed E-state index contributed by atoms with van der Waals surface area (Å²) in [5.41, 5.74) is -0.518. The van der Waals surface area contributed by atoms with Crippen LogP contribution < -0.4 is 19.3 Å². The summed E-state index contributed by atoms with van der Waals surface area (Å²) >= 11 is 17.7. The van der Waals surface area contributed by atoms with Crippen LogP contribution in [0.1, 0.15) is 10.4 Å². The van der Waals surface area contributed by atoms with Crippen LogP contribution >= 0.6 is 34.8 Å². The zero-order chi connectivity index (χ0) is 19.6. The molecule has 11 heteroatoms. The minimum Gasteiger partial charge on any atom is -0.545 e. The van der Waals surface area contributed by atoms with Gasteiger partial charge in [0.25, 0.3) is 10.0 Å². The van der Waals surface area contributed by atoms with E-state index >= 15 is 0 Å². The topological polar surface area (TPSA) is 105 Å². The van der Waals surface area contributed by atoms with E-state index in [0.29, 0.717) is 0 Å². The number of anilines is 1. The molecular formula is C15H11Cl3NO6S-. The number of aromatic carboxylic acids is 1. The number of sulfonamides is 1. The average molecular weight is 440 g/mol. The summed E-state index contributed by atoms with van der Waals surface area (Å²) in [6, 6.07) is 4.47. The smallest absolute Gasteiger partial charge is 0.263 e. The molecule has 2 aromatic rings. The van der Waals surface area contributed by atoms with Gasteiger partial charge in [0.15, 0.2) is 0 Å². The first-order valence-electron chi connectivity index (χ1n) is 6.75. The van der Waals surface area contributed by atoms with Crippen molar-refractivity contribution in [3.63, 3.8) is 0 Å². The molecule has 0 unspecified atom stereocenters. The Kier molecular flexibility index (Phi) is 6.13. The fourth-order valence-electron chi connectivity index (χ4n) is 2.03. The van der Waals surface area contributed by atoms with Crippen molar-refractivity contribution in [3.05, 3.63) is 44.9 Å². The molecule has 7 nitrogen and oxygen atoms in total. The maximum Gasteiger partial charge on any atom is 0.263 e. The number of halogens is 3. The molecule has 1 N–H and O–H groups in total. The predicted octanol–water partition coefficient (Wildman–Crippen LogP) is 2.83. The summed E-state index contributed by atoms with van der Waals surface area (Å²) in [6.07, 6.45) is 0. The van der Waals surface area contributed by atoms with Gasteiger partial charge in [0.05, 0.1) is 40.9 Å². The number of hydrogen-bond acceptors (Lipinski definition) is 6. The van der Waals surface area contributed by atoms with Gasteiger partial charge < -0.3 is 19.4 Å². The van der Waals surface area contributed by atoms with E-state index in [4.69, 9.17) is 44.3 Å². The lowest BCUT2D eigenvalue weighted by Gasteiger charge is -2.16. The molecule has 0 amide bonds. The van der Waals surface area contributed by atoms with Crippen molar-refractivity contribution in [1.82, 2.24) is 0 Å². The van der Waals surface area contributed by atoms with Gasteiger partial charge in [0, 0.05) is 11.6 Å². The predicted molar refractivity (Wildman–Crippen MR) is 96.2 cm³/mol. The van der Waals surface area contributed by atoms with Crippen LogP contribution in [-0.4, -0.2) is 28.6 Å². The molecule has 0 aliphatic rings. The molecule has 0 heterocycles. The number of carbonyl (C=O) groups is 1. The van der Waals surface area contributed by atoms with E-state index in [1.54, 1.807) is 0 Å². The van der Waals surface area contributed by atoms with Crippen molar-refractivity contribution in [1.29, 1.82) is 0 Å². The van der Waals surface area contributed by atoms with E-state index in [1.165, 1.54) is 26.4 Å². The number of carbonyl (C=O) groups excluding carboxylic acids is 1. The van der Waals surface area contributed by atoms with E-state index in [9.17, 15) is 18.3 Å². The van der Waals surface area contributed by atoms with Crippen molar-refractivity contribution in [2.24, 2.45) is 0 Å². The zero-order valence-electron chi connectivity index (χ0n) is 13.3. The number of hydrogen-bond donors (Lipinski definition) is 1. The number of methoxy groups -OCH3 is 2. The van der Waals surface area contributed by atoms with Gasteiger partial charge in [0.1, 0.15) is 16.4 Å². The van der Waals surface area contributed by atoms with Gasteiger partial charge in [-0.15, -0.1) is 0 Å². The van der Waals surface area contributed by atoms with Gasteiger partial charge in [0.2, 0.25) is 0 Å². The lowest BCUT2D eigenvalue weighted by atomic mass is 10.2. The molecule has 0 bridgehead atoms. The lowest BCUT2D eigenvalue weighted by molar-refractivity contribution is -0.255. The average Bonchev–Trinajstić information content (AvgIpc) is 2.54. The van der Waals surface area contributed by atoms with Gasteiger partial charge in [-0.05, 0) is 18.2 Å².